The Bertz CT molecular complexity index is 1100. The van der Waals surface area contributed by atoms with Crippen molar-refractivity contribution >= 4 is 22.8 Å². The second-order valence-electron chi connectivity index (χ2n) is 8.55. The number of carbonyl (C=O) groups excluding carboxylic acids is 1. The smallest absolute Gasteiger partial charge is 0.239 e. The lowest BCUT2D eigenvalue weighted by molar-refractivity contribution is -0.118. The van der Waals surface area contributed by atoms with Crippen LogP contribution in [0.15, 0.2) is 24.3 Å². The first-order chi connectivity index (χ1) is 16.3. The molecule has 0 aromatic heterocycles. The average molecular weight is 487 g/mol. The zero-order valence-electron chi connectivity index (χ0n) is 19.8. The van der Waals surface area contributed by atoms with Gasteiger partial charge in [0.05, 0.1) is 19.5 Å². The van der Waals surface area contributed by atoms with Crippen molar-refractivity contribution in [3.05, 3.63) is 41.0 Å². The van der Waals surface area contributed by atoms with E-state index in [1.54, 1.807) is 0 Å². The number of aromatic hydroxyl groups is 1. The van der Waals surface area contributed by atoms with Crippen LogP contribution in [-0.2, 0) is 17.6 Å². The van der Waals surface area contributed by atoms with Crippen molar-refractivity contribution < 1.29 is 28.8 Å². The molecule has 1 fully saturated rings. The molecule has 2 aromatic carbocycles. The van der Waals surface area contributed by atoms with Crippen LogP contribution in [0, 0.1) is 12.3 Å². The zero-order valence-corrected chi connectivity index (χ0v) is 20.6. The lowest BCUT2D eigenvalue weighted by Crippen LogP contribution is -2.44. The van der Waals surface area contributed by atoms with Crippen molar-refractivity contribution in [2.75, 3.05) is 20.8 Å². The Morgan fingerprint density at radius 1 is 1.24 bits per heavy atom. The van der Waals surface area contributed by atoms with E-state index >= 15 is 0 Å². The number of rotatable bonds is 8. The van der Waals surface area contributed by atoms with Crippen molar-refractivity contribution in [1.82, 2.24) is 5.32 Å². The number of benzene rings is 2. The van der Waals surface area contributed by atoms with Crippen molar-refractivity contribution in [3.8, 4) is 28.7 Å². The first-order valence-electron chi connectivity index (χ1n) is 11.2. The predicted molar refractivity (Wildman–Crippen MR) is 131 cm³/mol. The van der Waals surface area contributed by atoms with Gasteiger partial charge in [-0.15, -0.1) is 0 Å². The molecule has 0 spiro atoms. The van der Waals surface area contributed by atoms with E-state index in [-0.39, 0.29) is 27.8 Å². The number of fused-ring (bicyclic) bond motifs is 1. The van der Waals surface area contributed by atoms with E-state index in [9.17, 15) is 9.90 Å². The van der Waals surface area contributed by atoms with E-state index in [0.717, 1.165) is 36.0 Å². The van der Waals surface area contributed by atoms with Gasteiger partial charge in [-0.25, -0.2) is 0 Å². The van der Waals surface area contributed by atoms with E-state index in [2.05, 4.69) is 12.2 Å². The molecule has 2 heterocycles. The number of nitrogens with one attached hydrogen (secondary N) is 2. The highest BCUT2D eigenvalue weighted by Gasteiger charge is 2.40. The van der Waals surface area contributed by atoms with E-state index in [0.29, 0.717) is 30.3 Å². The third kappa shape index (κ3) is 4.49. The number of amidine groups is 1. The molecule has 0 radical (unpaired) electrons. The third-order valence-corrected chi connectivity index (χ3v) is 7.55. The highest BCUT2D eigenvalue weighted by atomic mass is 32.2. The molecule has 8 nitrogen and oxygen atoms in total. The van der Waals surface area contributed by atoms with E-state index in [1.807, 2.05) is 31.2 Å². The molecule has 2 aliphatic heterocycles. The fourth-order valence-corrected chi connectivity index (χ4v) is 5.28. The second kappa shape index (κ2) is 9.66. The monoisotopic (exact) mass is 486 g/mol. The van der Waals surface area contributed by atoms with Gasteiger partial charge in [-0.05, 0) is 50.3 Å². The molecule has 2 unspecified atom stereocenters. The van der Waals surface area contributed by atoms with E-state index < -0.39 is 5.60 Å². The van der Waals surface area contributed by atoms with Crippen LogP contribution < -0.4 is 24.3 Å². The Labute approximate surface area is 203 Å². The minimum atomic E-state index is -0.549. The highest BCUT2D eigenvalue weighted by molar-refractivity contribution is 8.15. The van der Waals surface area contributed by atoms with Crippen LogP contribution in [0.3, 0.4) is 0 Å². The standard InChI is InChI=1S/C25H30N2O6S/c1-5-25(11-10-17-14(2)19(28)21(30-3)22(31-4)20(17)33-25)13-32-16-8-6-15(7-9-16)12-18-23(29)27-24(26)34-18/h6-9,18,28H,5,10-13H2,1-4H3,(H2,26,27,29). The van der Waals surface area contributed by atoms with Crippen molar-refractivity contribution in [3.63, 3.8) is 0 Å². The van der Waals surface area contributed by atoms with Gasteiger partial charge in [-0.1, -0.05) is 30.8 Å². The predicted octanol–water partition coefficient (Wildman–Crippen LogP) is 3.98. The Morgan fingerprint density at radius 2 is 1.94 bits per heavy atom. The summed E-state index contributed by atoms with van der Waals surface area (Å²) >= 11 is 1.25. The Kier molecular flexibility index (Phi) is 6.84. The minimum Gasteiger partial charge on any atom is -0.504 e. The molecule has 0 aliphatic carbocycles. The molecule has 182 valence electrons. The molecule has 2 aliphatic rings. The number of hydrogen-bond donors (Lipinski definition) is 3. The van der Waals surface area contributed by atoms with Gasteiger partial charge in [-0.3, -0.25) is 10.2 Å². The summed E-state index contributed by atoms with van der Waals surface area (Å²) in [6.07, 6.45) is 2.76. The summed E-state index contributed by atoms with van der Waals surface area (Å²) in [6, 6.07) is 7.68. The van der Waals surface area contributed by atoms with Crippen LogP contribution in [0.1, 0.15) is 36.5 Å². The number of methoxy groups -OCH3 is 2. The quantitative estimate of drug-likeness (QED) is 0.518. The van der Waals surface area contributed by atoms with Crippen LogP contribution in [0.25, 0.3) is 0 Å². The van der Waals surface area contributed by atoms with Crippen molar-refractivity contribution in [2.45, 2.75) is 50.4 Å². The molecule has 2 atom stereocenters. The summed E-state index contributed by atoms with van der Waals surface area (Å²) in [6.45, 7) is 4.27. The summed E-state index contributed by atoms with van der Waals surface area (Å²) in [5, 5.41) is 20.6. The maximum absolute atomic E-state index is 11.9. The van der Waals surface area contributed by atoms with Gasteiger partial charge < -0.3 is 29.4 Å². The molecule has 1 saturated heterocycles. The van der Waals surface area contributed by atoms with Crippen LogP contribution >= 0.6 is 11.8 Å². The number of thioether (sulfide) groups is 1. The van der Waals surface area contributed by atoms with Gasteiger partial charge in [-0.2, -0.15) is 0 Å². The normalized spacial score (nSPS) is 21.5. The number of carbonyl (C=O) groups is 1. The van der Waals surface area contributed by atoms with Crippen LogP contribution in [-0.4, -0.2) is 47.9 Å². The maximum Gasteiger partial charge on any atom is 0.239 e. The zero-order chi connectivity index (χ0) is 24.5. The summed E-state index contributed by atoms with van der Waals surface area (Å²) < 4.78 is 23.6. The van der Waals surface area contributed by atoms with Gasteiger partial charge in [0, 0.05) is 11.1 Å². The number of ether oxygens (including phenoxy) is 4. The van der Waals surface area contributed by atoms with E-state index in [1.165, 1.54) is 26.0 Å². The first-order valence-corrected chi connectivity index (χ1v) is 12.1. The molecule has 4 rings (SSSR count). The second-order valence-corrected chi connectivity index (χ2v) is 9.76. The van der Waals surface area contributed by atoms with Crippen LogP contribution in [0.2, 0.25) is 0 Å². The molecular formula is C25H30N2O6S. The van der Waals surface area contributed by atoms with Gasteiger partial charge >= 0.3 is 0 Å². The van der Waals surface area contributed by atoms with E-state index in [4.69, 9.17) is 24.4 Å². The summed E-state index contributed by atoms with van der Waals surface area (Å²) in [5.41, 5.74) is 2.12. The average Bonchev–Trinajstić information content (AvgIpc) is 3.16. The topological polar surface area (TPSA) is 110 Å². The van der Waals surface area contributed by atoms with Gasteiger partial charge in [0.25, 0.3) is 0 Å². The number of amides is 1. The molecule has 9 heteroatoms. The molecule has 2 aromatic rings. The Morgan fingerprint density at radius 3 is 2.53 bits per heavy atom. The minimum absolute atomic E-state index is 0.0763. The summed E-state index contributed by atoms with van der Waals surface area (Å²) in [4.78, 5) is 11.9. The van der Waals surface area contributed by atoms with Gasteiger partial charge in [0.1, 0.15) is 18.0 Å². The molecule has 1 amide bonds. The number of phenols is 1. The van der Waals surface area contributed by atoms with Crippen LogP contribution in [0.4, 0.5) is 0 Å². The number of hydrogen-bond acceptors (Lipinski definition) is 8. The summed E-state index contributed by atoms with van der Waals surface area (Å²) in [5.74, 6) is 1.93. The fraction of sp³-hybridized carbons (Fsp3) is 0.440. The lowest BCUT2D eigenvalue weighted by Gasteiger charge is -2.39. The van der Waals surface area contributed by atoms with Gasteiger partial charge in [0.2, 0.25) is 17.4 Å². The fourth-order valence-electron chi connectivity index (χ4n) is 4.39. The van der Waals surface area contributed by atoms with Crippen molar-refractivity contribution in [2.24, 2.45) is 0 Å². The third-order valence-electron chi connectivity index (χ3n) is 6.55. The highest BCUT2D eigenvalue weighted by Crippen LogP contribution is 2.52. The number of phenolic OH excluding ortho intramolecular Hbond substituents is 1. The molecule has 0 saturated carbocycles. The molecule has 34 heavy (non-hydrogen) atoms. The SMILES string of the molecule is CCC1(COc2ccc(CC3SC(=N)NC3=O)cc2)CCc2c(C)c(O)c(OC)c(OC)c2O1. The lowest BCUT2D eigenvalue weighted by atomic mass is 9.87. The maximum atomic E-state index is 11.9. The largest absolute Gasteiger partial charge is 0.504 e. The van der Waals surface area contributed by atoms with Crippen LogP contribution in [0.5, 0.6) is 28.7 Å². The molecule has 3 N–H and O–H groups in total. The molecular weight excluding hydrogens is 456 g/mol. The Hall–Kier alpha value is -3.07. The molecule has 0 bridgehead atoms. The Balaban J connectivity index is 1.47. The summed E-state index contributed by atoms with van der Waals surface area (Å²) in [7, 11) is 3.03. The van der Waals surface area contributed by atoms with Gasteiger partial charge in [0.15, 0.2) is 16.7 Å². The van der Waals surface area contributed by atoms with Crippen molar-refractivity contribution in [1.29, 1.82) is 5.41 Å². The first kappa shape index (κ1) is 24.1.